The van der Waals surface area contributed by atoms with Gasteiger partial charge in [0.05, 0.1) is 19.4 Å². The summed E-state index contributed by atoms with van der Waals surface area (Å²) in [6.07, 6.45) is 0.413. The predicted octanol–water partition coefficient (Wildman–Crippen LogP) is 2.15. The van der Waals surface area contributed by atoms with E-state index >= 15 is 0 Å². The molecule has 182 valence electrons. The van der Waals surface area contributed by atoms with E-state index in [0.29, 0.717) is 11.1 Å². The van der Waals surface area contributed by atoms with E-state index in [-0.39, 0.29) is 30.3 Å². The molecule has 3 atom stereocenters. The van der Waals surface area contributed by atoms with Crippen LogP contribution in [0.15, 0.2) is 47.4 Å². The maximum absolute atomic E-state index is 13.8. The molecule has 11 heteroatoms. The van der Waals surface area contributed by atoms with E-state index in [9.17, 15) is 26.3 Å². The van der Waals surface area contributed by atoms with Gasteiger partial charge in [0.2, 0.25) is 20.0 Å². The molecule has 0 fully saturated rings. The highest BCUT2D eigenvalue weighted by molar-refractivity contribution is 7.89. The van der Waals surface area contributed by atoms with Crippen molar-refractivity contribution in [3.8, 4) is 16.9 Å². The van der Waals surface area contributed by atoms with Crippen LogP contribution < -0.4 is 4.74 Å². The Morgan fingerprint density at radius 1 is 1.24 bits per heavy atom. The Labute approximate surface area is 194 Å². The van der Waals surface area contributed by atoms with Crippen LogP contribution in [-0.2, 0) is 20.0 Å². The summed E-state index contributed by atoms with van der Waals surface area (Å²) in [5.41, 5.74) is 1.09. The molecule has 0 saturated heterocycles. The van der Waals surface area contributed by atoms with Crippen molar-refractivity contribution in [2.45, 2.75) is 30.9 Å². The first-order valence-electron chi connectivity index (χ1n) is 10.4. The zero-order valence-corrected chi connectivity index (χ0v) is 20.6. The van der Waals surface area contributed by atoms with Crippen molar-refractivity contribution in [3.63, 3.8) is 0 Å². The molecule has 8 nitrogen and oxygen atoms in total. The largest absolute Gasteiger partial charge is 0.487 e. The van der Waals surface area contributed by atoms with Gasteiger partial charge in [0, 0.05) is 25.6 Å². The molecule has 1 aliphatic rings. The summed E-state index contributed by atoms with van der Waals surface area (Å²) in [4.78, 5) is -0.0955. The Morgan fingerprint density at radius 2 is 1.91 bits per heavy atom. The van der Waals surface area contributed by atoms with Crippen LogP contribution in [0.4, 0.5) is 4.39 Å². The first kappa shape index (κ1) is 25.6. The minimum atomic E-state index is -4.03. The number of sulfonamides is 2. The van der Waals surface area contributed by atoms with Gasteiger partial charge in [0.1, 0.15) is 22.6 Å². The molecule has 0 bridgehead atoms. The summed E-state index contributed by atoms with van der Waals surface area (Å²) in [6, 6.07) is 9.68. The molecule has 2 aromatic rings. The molecular formula is C22H29FN2O6S2. The number of aliphatic hydroxyl groups is 1. The molecule has 0 spiro atoms. The molecule has 0 aliphatic carbocycles. The molecule has 0 saturated carbocycles. The van der Waals surface area contributed by atoms with E-state index in [1.165, 1.54) is 35.6 Å². The van der Waals surface area contributed by atoms with Crippen LogP contribution >= 0.6 is 0 Å². The highest BCUT2D eigenvalue weighted by atomic mass is 32.2. The average Bonchev–Trinajstić information content (AvgIpc) is 2.74. The third kappa shape index (κ3) is 5.55. The smallest absolute Gasteiger partial charge is 0.247 e. The van der Waals surface area contributed by atoms with Crippen molar-refractivity contribution in [1.29, 1.82) is 0 Å². The van der Waals surface area contributed by atoms with E-state index in [2.05, 4.69) is 0 Å². The lowest BCUT2D eigenvalue weighted by atomic mass is 10.0. The van der Waals surface area contributed by atoms with Gasteiger partial charge in [-0.15, -0.1) is 0 Å². The van der Waals surface area contributed by atoms with Crippen LogP contribution in [-0.4, -0.2) is 75.7 Å². The second-order valence-electron chi connectivity index (χ2n) is 8.46. The normalized spacial score (nSPS) is 22.2. The van der Waals surface area contributed by atoms with Gasteiger partial charge >= 0.3 is 0 Å². The summed E-state index contributed by atoms with van der Waals surface area (Å²) in [7, 11) is -6.10. The number of fused-ring (bicyclic) bond motifs is 1. The fourth-order valence-electron chi connectivity index (χ4n) is 3.68. The van der Waals surface area contributed by atoms with Gasteiger partial charge in [-0.1, -0.05) is 25.1 Å². The van der Waals surface area contributed by atoms with Gasteiger partial charge in [0.15, 0.2) is 0 Å². The Morgan fingerprint density at radius 3 is 2.52 bits per heavy atom. The zero-order valence-electron chi connectivity index (χ0n) is 19.0. The van der Waals surface area contributed by atoms with Gasteiger partial charge in [-0.3, -0.25) is 0 Å². The average molecular weight is 501 g/mol. The number of ether oxygens (including phenoxy) is 1. The number of aliphatic hydroxyl groups excluding tert-OH is 1. The molecule has 0 amide bonds. The molecule has 0 unspecified atom stereocenters. The fraction of sp³-hybridized carbons (Fsp3) is 0.455. The second-order valence-corrected chi connectivity index (χ2v) is 12.4. The minimum Gasteiger partial charge on any atom is -0.487 e. The summed E-state index contributed by atoms with van der Waals surface area (Å²) in [5, 5.41) is 9.69. The zero-order chi connectivity index (χ0) is 24.6. The van der Waals surface area contributed by atoms with Crippen molar-refractivity contribution in [3.05, 3.63) is 48.3 Å². The Balaban J connectivity index is 2.15. The Hall–Kier alpha value is -2.05. The van der Waals surface area contributed by atoms with Gasteiger partial charge in [0.25, 0.3) is 0 Å². The number of likely N-dealkylation sites (N-methyl/N-ethyl adjacent to an activating group) is 1. The van der Waals surface area contributed by atoms with Crippen LogP contribution in [0.2, 0.25) is 0 Å². The van der Waals surface area contributed by atoms with E-state index < -0.39 is 43.9 Å². The minimum absolute atomic E-state index is 0.00499. The standard InChI is InChI=1S/C22H29FN2O6S2/c1-15-12-25(16(2)14-26)33(29,30)22-9-8-18(17-6-5-7-19(23)10-17)11-20(22)31-21(15)13-24(3)32(4,27)28/h5-11,15-16,21,26H,12-14H2,1-4H3/t15-,16-,21+/m1/s1. The molecule has 0 radical (unpaired) electrons. The third-order valence-corrected chi connectivity index (χ3v) is 9.13. The van der Waals surface area contributed by atoms with Crippen molar-refractivity contribution in [2.24, 2.45) is 5.92 Å². The van der Waals surface area contributed by atoms with Gasteiger partial charge in [-0.25, -0.2) is 25.5 Å². The van der Waals surface area contributed by atoms with Gasteiger partial charge in [-0.2, -0.15) is 4.31 Å². The highest BCUT2D eigenvalue weighted by Gasteiger charge is 2.38. The van der Waals surface area contributed by atoms with Crippen LogP contribution in [0.1, 0.15) is 13.8 Å². The topological polar surface area (TPSA) is 104 Å². The number of rotatable bonds is 6. The highest BCUT2D eigenvalue weighted by Crippen LogP contribution is 2.36. The second kappa shape index (κ2) is 9.67. The SMILES string of the molecule is C[C@@H]1CN([C@H](C)CO)S(=O)(=O)c2ccc(-c3cccc(F)c3)cc2O[C@H]1CN(C)S(C)(=O)=O. The number of halogens is 1. The quantitative estimate of drug-likeness (QED) is 0.652. The van der Waals surface area contributed by atoms with Crippen molar-refractivity contribution >= 4 is 20.0 Å². The van der Waals surface area contributed by atoms with E-state index in [1.807, 2.05) is 0 Å². The summed E-state index contributed by atoms with van der Waals surface area (Å²) in [5.74, 6) is -0.786. The van der Waals surface area contributed by atoms with Gasteiger partial charge in [-0.05, 0) is 42.3 Å². The monoisotopic (exact) mass is 500 g/mol. The van der Waals surface area contributed by atoms with E-state index in [0.717, 1.165) is 10.6 Å². The Bertz CT molecular complexity index is 1220. The predicted molar refractivity (Wildman–Crippen MR) is 123 cm³/mol. The third-order valence-electron chi connectivity index (χ3n) is 5.83. The number of hydrogen-bond acceptors (Lipinski definition) is 6. The molecule has 1 N–H and O–H groups in total. The molecule has 1 heterocycles. The van der Waals surface area contributed by atoms with Crippen molar-refractivity contribution in [1.82, 2.24) is 8.61 Å². The van der Waals surface area contributed by atoms with Crippen LogP contribution in [0.5, 0.6) is 5.75 Å². The molecular weight excluding hydrogens is 471 g/mol. The summed E-state index contributed by atoms with van der Waals surface area (Å²) >= 11 is 0. The van der Waals surface area contributed by atoms with Gasteiger partial charge < -0.3 is 9.84 Å². The lowest BCUT2D eigenvalue weighted by Crippen LogP contribution is -2.50. The number of benzene rings is 2. The molecule has 3 rings (SSSR count). The maximum atomic E-state index is 13.8. The summed E-state index contributed by atoms with van der Waals surface area (Å²) < 4.78 is 73.2. The lowest BCUT2D eigenvalue weighted by molar-refractivity contribution is 0.0906. The number of hydrogen-bond donors (Lipinski definition) is 1. The number of nitrogens with zero attached hydrogens (tertiary/aromatic N) is 2. The van der Waals surface area contributed by atoms with Crippen LogP contribution in [0, 0.1) is 11.7 Å². The molecule has 1 aliphatic heterocycles. The Kier molecular flexibility index (Phi) is 7.49. The summed E-state index contributed by atoms with van der Waals surface area (Å²) in [6.45, 7) is 3.04. The van der Waals surface area contributed by atoms with E-state index in [4.69, 9.17) is 4.74 Å². The maximum Gasteiger partial charge on any atom is 0.247 e. The van der Waals surface area contributed by atoms with Crippen LogP contribution in [0.3, 0.4) is 0 Å². The molecule has 33 heavy (non-hydrogen) atoms. The first-order chi connectivity index (χ1) is 15.3. The first-order valence-corrected chi connectivity index (χ1v) is 13.7. The van der Waals surface area contributed by atoms with Crippen molar-refractivity contribution in [2.75, 3.05) is 33.0 Å². The fourth-order valence-corrected chi connectivity index (χ4v) is 5.92. The van der Waals surface area contributed by atoms with Crippen LogP contribution in [0.25, 0.3) is 11.1 Å². The molecule has 0 aromatic heterocycles. The lowest BCUT2D eigenvalue weighted by Gasteiger charge is -2.37. The molecule has 2 aromatic carbocycles. The van der Waals surface area contributed by atoms with Crippen molar-refractivity contribution < 1.29 is 31.1 Å². The van der Waals surface area contributed by atoms with E-state index in [1.54, 1.807) is 32.0 Å².